The Hall–Kier alpha value is -2.36. The molecule has 2 aromatic carbocycles. The van der Waals surface area contributed by atoms with Gasteiger partial charge in [-0.2, -0.15) is 0 Å². The third kappa shape index (κ3) is 1.93. The second-order valence-corrected chi connectivity index (χ2v) is 5.09. The van der Waals surface area contributed by atoms with Gasteiger partial charge in [-0.25, -0.2) is 4.39 Å². The third-order valence-corrected chi connectivity index (χ3v) is 3.67. The summed E-state index contributed by atoms with van der Waals surface area (Å²) in [6.07, 6.45) is 0.822. The van der Waals surface area contributed by atoms with E-state index >= 15 is 0 Å². The average Bonchev–Trinajstić information content (AvgIpc) is 2.73. The van der Waals surface area contributed by atoms with Crippen molar-refractivity contribution in [2.45, 2.75) is 19.4 Å². The van der Waals surface area contributed by atoms with Crippen molar-refractivity contribution in [2.24, 2.45) is 0 Å². The van der Waals surface area contributed by atoms with Gasteiger partial charge in [0.2, 0.25) is 0 Å². The minimum atomic E-state index is -0.436. The molecule has 1 amide bonds. The Morgan fingerprint density at radius 2 is 2.05 bits per heavy atom. The Bertz CT molecular complexity index is 684. The predicted molar refractivity (Wildman–Crippen MR) is 77.2 cm³/mol. The maximum absolute atomic E-state index is 13.1. The van der Waals surface area contributed by atoms with Crippen molar-refractivity contribution in [1.82, 2.24) is 0 Å². The molecule has 0 aliphatic carbocycles. The topological polar surface area (TPSA) is 46.3 Å². The smallest absolute Gasteiger partial charge is 0.260 e. The van der Waals surface area contributed by atoms with Crippen molar-refractivity contribution < 1.29 is 9.18 Å². The van der Waals surface area contributed by atoms with Gasteiger partial charge in [0.1, 0.15) is 5.82 Å². The average molecular weight is 270 g/mol. The monoisotopic (exact) mass is 270 g/mol. The summed E-state index contributed by atoms with van der Waals surface area (Å²) in [4.78, 5) is 14.4. The zero-order valence-electron chi connectivity index (χ0n) is 11.1. The van der Waals surface area contributed by atoms with Gasteiger partial charge < -0.3 is 10.6 Å². The first kappa shape index (κ1) is 12.7. The Labute approximate surface area is 116 Å². The van der Waals surface area contributed by atoms with Gasteiger partial charge in [-0.3, -0.25) is 4.79 Å². The fourth-order valence-electron chi connectivity index (χ4n) is 2.73. The zero-order valence-corrected chi connectivity index (χ0v) is 11.1. The number of para-hydroxylation sites is 1. The van der Waals surface area contributed by atoms with Crippen LogP contribution in [0.5, 0.6) is 0 Å². The van der Waals surface area contributed by atoms with Crippen molar-refractivity contribution in [3.63, 3.8) is 0 Å². The lowest BCUT2D eigenvalue weighted by Gasteiger charge is -2.23. The SMILES string of the molecule is CC1Cc2ccccc2N1C(=O)c1ccc(F)cc1N. The number of hydrogen-bond donors (Lipinski definition) is 1. The van der Waals surface area contributed by atoms with Gasteiger partial charge in [-0.1, -0.05) is 18.2 Å². The summed E-state index contributed by atoms with van der Waals surface area (Å²) >= 11 is 0. The summed E-state index contributed by atoms with van der Waals surface area (Å²) in [5, 5.41) is 0. The van der Waals surface area contributed by atoms with Crippen LogP contribution >= 0.6 is 0 Å². The number of anilines is 2. The molecular weight excluding hydrogens is 255 g/mol. The first-order valence-corrected chi connectivity index (χ1v) is 6.54. The highest BCUT2D eigenvalue weighted by Gasteiger charge is 2.31. The molecule has 0 spiro atoms. The van der Waals surface area contributed by atoms with Crippen molar-refractivity contribution >= 4 is 17.3 Å². The molecule has 3 rings (SSSR count). The molecule has 0 saturated carbocycles. The molecule has 1 atom stereocenters. The van der Waals surface area contributed by atoms with Gasteiger partial charge in [0.05, 0.1) is 5.56 Å². The number of halogens is 1. The quantitative estimate of drug-likeness (QED) is 0.810. The van der Waals surface area contributed by atoms with E-state index in [9.17, 15) is 9.18 Å². The van der Waals surface area contributed by atoms with Gasteiger partial charge >= 0.3 is 0 Å². The van der Waals surface area contributed by atoms with Crippen molar-refractivity contribution in [1.29, 1.82) is 0 Å². The van der Waals surface area contributed by atoms with E-state index in [0.29, 0.717) is 5.56 Å². The fourth-order valence-corrected chi connectivity index (χ4v) is 2.73. The summed E-state index contributed by atoms with van der Waals surface area (Å²) in [5.41, 5.74) is 8.34. The van der Waals surface area contributed by atoms with E-state index < -0.39 is 5.82 Å². The first-order valence-electron chi connectivity index (χ1n) is 6.54. The molecule has 0 saturated heterocycles. The van der Waals surface area contributed by atoms with E-state index in [1.54, 1.807) is 4.90 Å². The number of nitrogen functional groups attached to an aromatic ring is 1. The number of carbonyl (C=O) groups is 1. The molecule has 0 fully saturated rings. The molecule has 0 radical (unpaired) electrons. The molecule has 4 heteroatoms. The van der Waals surface area contributed by atoms with Crippen molar-refractivity contribution in [3.8, 4) is 0 Å². The molecule has 1 heterocycles. The highest BCUT2D eigenvalue weighted by atomic mass is 19.1. The molecule has 2 N–H and O–H groups in total. The molecular formula is C16H15FN2O. The Morgan fingerprint density at radius 1 is 1.30 bits per heavy atom. The maximum atomic E-state index is 13.1. The van der Waals surface area contributed by atoms with E-state index in [-0.39, 0.29) is 17.6 Å². The normalized spacial score (nSPS) is 17.1. The van der Waals surface area contributed by atoms with E-state index in [4.69, 9.17) is 5.73 Å². The van der Waals surface area contributed by atoms with E-state index in [1.807, 2.05) is 31.2 Å². The van der Waals surface area contributed by atoms with Crippen LogP contribution in [0.15, 0.2) is 42.5 Å². The largest absolute Gasteiger partial charge is 0.398 e. The van der Waals surface area contributed by atoms with Crippen LogP contribution in [-0.4, -0.2) is 11.9 Å². The summed E-state index contributed by atoms with van der Waals surface area (Å²) in [6, 6.07) is 11.8. The van der Waals surface area contributed by atoms with Crippen LogP contribution in [0.1, 0.15) is 22.8 Å². The van der Waals surface area contributed by atoms with Crippen LogP contribution in [0, 0.1) is 5.82 Å². The molecule has 1 aliphatic rings. The Balaban J connectivity index is 2.03. The summed E-state index contributed by atoms with van der Waals surface area (Å²) in [7, 11) is 0. The molecule has 2 aromatic rings. The zero-order chi connectivity index (χ0) is 14.3. The number of nitrogens with two attached hydrogens (primary N) is 1. The molecule has 0 aromatic heterocycles. The van der Waals surface area contributed by atoms with Gasteiger partial charge in [0.15, 0.2) is 0 Å². The summed E-state index contributed by atoms with van der Waals surface area (Å²) in [6.45, 7) is 2.00. The van der Waals surface area contributed by atoms with Crippen LogP contribution in [0.2, 0.25) is 0 Å². The van der Waals surface area contributed by atoms with Crippen LogP contribution in [0.4, 0.5) is 15.8 Å². The number of amides is 1. The number of benzene rings is 2. The number of fused-ring (bicyclic) bond motifs is 1. The van der Waals surface area contributed by atoms with E-state index in [2.05, 4.69) is 0 Å². The minimum absolute atomic E-state index is 0.0735. The molecule has 0 bridgehead atoms. The third-order valence-electron chi connectivity index (χ3n) is 3.67. The summed E-state index contributed by atoms with van der Waals surface area (Å²) < 4.78 is 13.1. The first-order chi connectivity index (χ1) is 9.58. The minimum Gasteiger partial charge on any atom is -0.398 e. The lowest BCUT2D eigenvalue weighted by Crippen LogP contribution is -2.36. The van der Waals surface area contributed by atoms with Crippen LogP contribution in [-0.2, 0) is 6.42 Å². The van der Waals surface area contributed by atoms with Gasteiger partial charge in [-0.05, 0) is 43.2 Å². The number of nitrogens with zero attached hydrogens (tertiary/aromatic N) is 1. The lowest BCUT2D eigenvalue weighted by atomic mass is 10.1. The van der Waals surface area contributed by atoms with Crippen LogP contribution < -0.4 is 10.6 Å². The molecule has 3 nitrogen and oxygen atoms in total. The van der Waals surface area contributed by atoms with Gasteiger partial charge in [-0.15, -0.1) is 0 Å². The maximum Gasteiger partial charge on any atom is 0.260 e. The second-order valence-electron chi connectivity index (χ2n) is 5.09. The molecule has 1 aliphatic heterocycles. The number of carbonyl (C=O) groups excluding carboxylic acids is 1. The molecule has 1 unspecified atom stereocenters. The molecule has 20 heavy (non-hydrogen) atoms. The van der Waals surface area contributed by atoms with E-state index in [0.717, 1.165) is 17.7 Å². The second kappa shape index (κ2) is 4.63. The van der Waals surface area contributed by atoms with Gasteiger partial charge in [0.25, 0.3) is 5.91 Å². The number of rotatable bonds is 1. The van der Waals surface area contributed by atoms with Crippen molar-refractivity contribution in [2.75, 3.05) is 10.6 Å². The van der Waals surface area contributed by atoms with Crippen LogP contribution in [0.3, 0.4) is 0 Å². The highest BCUT2D eigenvalue weighted by Crippen LogP contribution is 2.33. The van der Waals surface area contributed by atoms with E-state index in [1.165, 1.54) is 18.2 Å². The Morgan fingerprint density at radius 3 is 2.80 bits per heavy atom. The lowest BCUT2D eigenvalue weighted by molar-refractivity contribution is 0.0982. The van der Waals surface area contributed by atoms with Crippen LogP contribution in [0.25, 0.3) is 0 Å². The fraction of sp³-hybridized carbons (Fsp3) is 0.188. The highest BCUT2D eigenvalue weighted by molar-refractivity contribution is 6.10. The Kier molecular flexibility index (Phi) is 2.93. The molecule has 102 valence electrons. The predicted octanol–water partition coefficient (Wildman–Crippen LogP) is 3.00. The summed E-state index contributed by atoms with van der Waals surface area (Å²) in [5.74, 6) is -0.617. The van der Waals surface area contributed by atoms with Gasteiger partial charge in [0, 0.05) is 17.4 Å². The standard InChI is InChI=1S/C16H15FN2O/c1-10-8-11-4-2-3-5-15(11)19(10)16(20)13-7-6-12(17)9-14(13)18/h2-7,9-10H,8,18H2,1H3. The number of hydrogen-bond acceptors (Lipinski definition) is 2. The van der Waals surface area contributed by atoms with Crippen molar-refractivity contribution in [3.05, 3.63) is 59.4 Å².